The minimum absolute atomic E-state index is 0.0549. The molecule has 0 aliphatic heterocycles. The molecule has 0 spiro atoms. The van der Waals surface area contributed by atoms with Gasteiger partial charge < -0.3 is 15.4 Å². The topological polar surface area (TPSA) is 67.4 Å². The molecule has 0 fully saturated rings. The first-order valence-corrected chi connectivity index (χ1v) is 10.2. The number of benzene rings is 3. The molecule has 0 unspecified atom stereocenters. The second-order valence-corrected chi connectivity index (χ2v) is 7.63. The first kappa shape index (κ1) is 21.7. The highest BCUT2D eigenvalue weighted by Crippen LogP contribution is 2.24. The second-order valence-electron chi connectivity index (χ2n) is 6.18. The molecule has 0 bridgehead atoms. The average molecular weight is 445 g/mol. The Bertz CT molecular complexity index is 1060. The SMILES string of the molecule is COc1ccc(C(=O)Nc2cccc(SCC(=O)Nc3ccc(F)c(Cl)c3)c2)cc1. The number of carbonyl (C=O) groups excluding carboxylic acids is 2. The molecule has 154 valence electrons. The Morgan fingerprint density at radius 1 is 1.00 bits per heavy atom. The number of anilines is 2. The Morgan fingerprint density at radius 2 is 1.73 bits per heavy atom. The number of thioether (sulfide) groups is 1. The molecule has 8 heteroatoms. The van der Waals surface area contributed by atoms with Crippen LogP contribution in [0.1, 0.15) is 10.4 Å². The number of carbonyl (C=O) groups is 2. The first-order valence-electron chi connectivity index (χ1n) is 8.88. The normalized spacial score (nSPS) is 10.4. The largest absolute Gasteiger partial charge is 0.497 e. The fourth-order valence-corrected chi connectivity index (χ4v) is 3.46. The van der Waals surface area contributed by atoms with Gasteiger partial charge in [0, 0.05) is 21.8 Å². The van der Waals surface area contributed by atoms with Gasteiger partial charge in [0.2, 0.25) is 5.91 Å². The van der Waals surface area contributed by atoms with Gasteiger partial charge in [-0.3, -0.25) is 9.59 Å². The van der Waals surface area contributed by atoms with Crippen molar-refractivity contribution >= 4 is 46.6 Å². The lowest BCUT2D eigenvalue weighted by Crippen LogP contribution is -2.14. The lowest BCUT2D eigenvalue weighted by atomic mass is 10.2. The van der Waals surface area contributed by atoms with Gasteiger partial charge in [-0.15, -0.1) is 11.8 Å². The predicted molar refractivity (Wildman–Crippen MR) is 118 cm³/mol. The zero-order valence-corrected chi connectivity index (χ0v) is 17.5. The smallest absolute Gasteiger partial charge is 0.255 e. The first-order chi connectivity index (χ1) is 14.4. The number of halogens is 2. The van der Waals surface area contributed by atoms with Gasteiger partial charge in [0.1, 0.15) is 11.6 Å². The molecule has 0 heterocycles. The zero-order valence-electron chi connectivity index (χ0n) is 15.9. The molecule has 5 nitrogen and oxygen atoms in total. The zero-order chi connectivity index (χ0) is 21.5. The van der Waals surface area contributed by atoms with E-state index >= 15 is 0 Å². The Hall–Kier alpha value is -3.03. The standard InChI is InChI=1S/C22H18ClFN2O3S/c1-29-17-8-5-14(6-9-17)22(28)26-15-3-2-4-18(11-15)30-13-21(27)25-16-7-10-20(24)19(23)12-16/h2-12H,13H2,1H3,(H,25,27)(H,26,28). The van der Waals surface area contributed by atoms with Crippen LogP contribution < -0.4 is 15.4 Å². The van der Waals surface area contributed by atoms with Crippen molar-refractivity contribution in [2.75, 3.05) is 23.5 Å². The minimum atomic E-state index is -0.544. The van der Waals surface area contributed by atoms with Gasteiger partial charge in [0.05, 0.1) is 17.9 Å². The Balaban J connectivity index is 1.56. The number of methoxy groups -OCH3 is 1. The van der Waals surface area contributed by atoms with Gasteiger partial charge in [-0.2, -0.15) is 0 Å². The second kappa shape index (κ2) is 10.1. The van der Waals surface area contributed by atoms with E-state index in [0.29, 0.717) is 22.7 Å². The van der Waals surface area contributed by atoms with E-state index in [4.69, 9.17) is 16.3 Å². The number of amides is 2. The number of ether oxygens (including phenoxy) is 1. The van der Waals surface area contributed by atoms with Crippen molar-refractivity contribution < 1.29 is 18.7 Å². The molecular formula is C22H18ClFN2O3S. The predicted octanol–water partition coefficient (Wildman–Crippen LogP) is 5.47. The third-order valence-electron chi connectivity index (χ3n) is 4.02. The molecule has 0 radical (unpaired) electrons. The summed E-state index contributed by atoms with van der Waals surface area (Å²) >= 11 is 7.03. The summed E-state index contributed by atoms with van der Waals surface area (Å²) in [6, 6.07) is 18.0. The molecule has 0 saturated carbocycles. The van der Waals surface area contributed by atoms with E-state index < -0.39 is 5.82 Å². The van der Waals surface area contributed by atoms with Crippen LogP contribution in [0.4, 0.5) is 15.8 Å². The van der Waals surface area contributed by atoms with E-state index in [9.17, 15) is 14.0 Å². The van der Waals surface area contributed by atoms with E-state index in [1.54, 1.807) is 49.6 Å². The molecule has 2 N–H and O–H groups in total. The van der Waals surface area contributed by atoms with Gasteiger partial charge in [-0.1, -0.05) is 17.7 Å². The summed E-state index contributed by atoms with van der Waals surface area (Å²) in [5, 5.41) is 5.44. The monoisotopic (exact) mass is 444 g/mol. The van der Waals surface area contributed by atoms with Crippen LogP contribution in [0.2, 0.25) is 5.02 Å². The Kier molecular flexibility index (Phi) is 7.32. The highest BCUT2D eigenvalue weighted by Gasteiger charge is 2.09. The van der Waals surface area contributed by atoms with Gasteiger partial charge in [-0.05, 0) is 60.7 Å². The van der Waals surface area contributed by atoms with Gasteiger partial charge in [0.15, 0.2) is 0 Å². The van der Waals surface area contributed by atoms with Crippen LogP contribution in [0.25, 0.3) is 0 Å². The number of hydrogen-bond donors (Lipinski definition) is 2. The van der Waals surface area contributed by atoms with Crippen LogP contribution in [0, 0.1) is 5.82 Å². The van der Waals surface area contributed by atoms with Gasteiger partial charge in [0.25, 0.3) is 5.91 Å². The van der Waals surface area contributed by atoms with E-state index in [1.807, 2.05) is 6.07 Å². The summed E-state index contributed by atoms with van der Waals surface area (Å²) in [5.41, 5.74) is 1.55. The van der Waals surface area contributed by atoms with Crippen LogP contribution in [0.5, 0.6) is 5.75 Å². The molecule has 3 aromatic rings. The molecule has 0 aromatic heterocycles. The van der Waals surface area contributed by atoms with E-state index in [0.717, 1.165) is 4.90 Å². The molecule has 0 saturated heterocycles. The fraction of sp³-hybridized carbons (Fsp3) is 0.0909. The van der Waals surface area contributed by atoms with Crippen molar-refractivity contribution in [2.24, 2.45) is 0 Å². The van der Waals surface area contributed by atoms with Crippen molar-refractivity contribution in [2.45, 2.75) is 4.90 Å². The lowest BCUT2D eigenvalue weighted by molar-refractivity contribution is -0.113. The summed E-state index contributed by atoms with van der Waals surface area (Å²) in [5.74, 6) is -0.227. The maximum Gasteiger partial charge on any atom is 0.255 e. The van der Waals surface area contributed by atoms with Crippen LogP contribution in [-0.2, 0) is 4.79 Å². The van der Waals surface area contributed by atoms with Crippen molar-refractivity contribution in [3.8, 4) is 5.75 Å². The maximum absolute atomic E-state index is 13.2. The van der Waals surface area contributed by atoms with Crippen LogP contribution in [0.15, 0.2) is 71.6 Å². The van der Waals surface area contributed by atoms with E-state index in [-0.39, 0.29) is 22.6 Å². The summed E-state index contributed by atoms with van der Waals surface area (Å²) in [6.07, 6.45) is 0. The molecule has 0 atom stereocenters. The quantitative estimate of drug-likeness (QED) is 0.474. The van der Waals surface area contributed by atoms with E-state index in [2.05, 4.69) is 10.6 Å². The summed E-state index contributed by atoms with van der Waals surface area (Å²) in [4.78, 5) is 25.3. The third-order valence-corrected chi connectivity index (χ3v) is 5.30. The fourth-order valence-electron chi connectivity index (χ4n) is 2.53. The molecule has 3 aromatic carbocycles. The molecule has 0 aliphatic carbocycles. The van der Waals surface area contributed by atoms with Crippen molar-refractivity contribution in [3.05, 3.63) is 83.1 Å². The number of nitrogens with one attached hydrogen (secondary N) is 2. The van der Waals surface area contributed by atoms with Crippen LogP contribution >= 0.6 is 23.4 Å². The average Bonchev–Trinajstić information content (AvgIpc) is 2.75. The number of hydrogen-bond acceptors (Lipinski definition) is 4. The number of rotatable bonds is 7. The summed E-state index contributed by atoms with van der Waals surface area (Å²) in [7, 11) is 1.56. The molecule has 0 aliphatic rings. The highest BCUT2D eigenvalue weighted by molar-refractivity contribution is 8.00. The minimum Gasteiger partial charge on any atom is -0.497 e. The molecule has 2 amide bonds. The van der Waals surface area contributed by atoms with Crippen molar-refractivity contribution in [1.29, 1.82) is 0 Å². The Labute approximate surface area is 182 Å². The van der Waals surface area contributed by atoms with Gasteiger partial charge in [-0.25, -0.2) is 4.39 Å². The Morgan fingerprint density at radius 3 is 2.43 bits per heavy atom. The van der Waals surface area contributed by atoms with E-state index in [1.165, 1.54) is 30.0 Å². The summed E-state index contributed by atoms with van der Waals surface area (Å²) < 4.78 is 18.3. The summed E-state index contributed by atoms with van der Waals surface area (Å²) in [6.45, 7) is 0. The molecular weight excluding hydrogens is 427 g/mol. The van der Waals surface area contributed by atoms with Crippen LogP contribution in [0.3, 0.4) is 0 Å². The molecule has 30 heavy (non-hydrogen) atoms. The van der Waals surface area contributed by atoms with Gasteiger partial charge >= 0.3 is 0 Å². The highest BCUT2D eigenvalue weighted by atomic mass is 35.5. The maximum atomic E-state index is 13.2. The molecule has 3 rings (SSSR count). The lowest BCUT2D eigenvalue weighted by Gasteiger charge is -2.09. The third kappa shape index (κ3) is 5.98. The van der Waals surface area contributed by atoms with Crippen molar-refractivity contribution in [1.82, 2.24) is 0 Å². The van der Waals surface area contributed by atoms with Crippen molar-refractivity contribution in [3.63, 3.8) is 0 Å². The van der Waals surface area contributed by atoms with Crippen LogP contribution in [-0.4, -0.2) is 24.7 Å².